The van der Waals surface area contributed by atoms with Crippen LogP contribution in [0.15, 0.2) is 18.2 Å². The van der Waals surface area contributed by atoms with E-state index in [1.54, 1.807) is 6.07 Å². The molecule has 2 N–H and O–H groups in total. The SMILES string of the molecule is CC1C2CNCC2CN1C(=O)c1cc(Cl)ccc1O. The first-order valence-electron chi connectivity index (χ1n) is 6.58. The third-order valence-corrected chi connectivity index (χ3v) is 4.62. The Morgan fingerprint density at radius 1 is 1.47 bits per heavy atom. The van der Waals surface area contributed by atoms with E-state index >= 15 is 0 Å². The molecule has 0 bridgehead atoms. The fraction of sp³-hybridized carbons (Fsp3) is 0.500. The number of carbonyl (C=O) groups excluding carboxylic acids is 1. The Labute approximate surface area is 117 Å². The van der Waals surface area contributed by atoms with Gasteiger partial charge in [0.2, 0.25) is 0 Å². The Morgan fingerprint density at radius 2 is 2.26 bits per heavy atom. The summed E-state index contributed by atoms with van der Waals surface area (Å²) in [7, 11) is 0. The zero-order chi connectivity index (χ0) is 13.6. The van der Waals surface area contributed by atoms with Crippen molar-refractivity contribution in [2.45, 2.75) is 13.0 Å². The molecular formula is C14H17ClN2O2. The summed E-state index contributed by atoms with van der Waals surface area (Å²) in [4.78, 5) is 14.4. The van der Waals surface area contributed by atoms with E-state index in [2.05, 4.69) is 12.2 Å². The zero-order valence-electron chi connectivity index (χ0n) is 10.8. The fourth-order valence-electron chi connectivity index (χ4n) is 3.27. The van der Waals surface area contributed by atoms with E-state index < -0.39 is 0 Å². The quantitative estimate of drug-likeness (QED) is 0.824. The van der Waals surface area contributed by atoms with Crippen molar-refractivity contribution in [2.75, 3.05) is 19.6 Å². The summed E-state index contributed by atoms with van der Waals surface area (Å²) >= 11 is 5.91. The molecule has 3 unspecified atom stereocenters. The van der Waals surface area contributed by atoms with E-state index in [1.807, 2.05) is 4.90 Å². The van der Waals surface area contributed by atoms with Gasteiger partial charge in [-0.15, -0.1) is 0 Å². The van der Waals surface area contributed by atoms with Gasteiger partial charge < -0.3 is 15.3 Å². The van der Waals surface area contributed by atoms with Crippen molar-refractivity contribution in [3.05, 3.63) is 28.8 Å². The number of hydrogen-bond donors (Lipinski definition) is 2. The van der Waals surface area contributed by atoms with Gasteiger partial charge in [0, 0.05) is 30.7 Å². The highest BCUT2D eigenvalue weighted by molar-refractivity contribution is 6.31. The monoisotopic (exact) mass is 280 g/mol. The molecule has 0 radical (unpaired) electrons. The van der Waals surface area contributed by atoms with Gasteiger partial charge in [-0.1, -0.05) is 11.6 Å². The molecule has 1 aromatic rings. The van der Waals surface area contributed by atoms with E-state index in [4.69, 9.17) is 11.6 Å². The third-order valence-electron chi connectivity index (χ3n) is 4.38. The number of hydrogen-bond acceptors (Lipinski definition) is 3. The standard InChI is InChI=1S/C14H17ClN2O2/c1-8-12-6-16-5-9(12)7-17(8)14(19)11-4-10(15)2-3-13(11)18/h2-4,8-9,12,16,18H,5-7H2,1H3. The number of halogens is 1. The number of nitrogens with zero attached hydrogens (tertiary/aromatic N) is 1. The number of carbonyl (C=O) groups is 1. The summed E-state index contributed by atoms with van der Waals surface area (Å²) in [6.45, 7) is 4.78. The summed E-state index contributed by atoms with van der Waals surface area (Å²) in [5.41, 5.74) is 0.298. The lowest BCUT2D eigenvalue weighted by Gasteiger charge is -2.25. The van der Waals surface area contributed by atoms with Crippen LogP contribution in [0.3, 0.4) is 0 Å². The second kappa shape index (κ2) is 4.69. The number of rotatable bonds is 1. The average Bonchev–Trinajstić information content (AvgIpc) is 2.95. The van der Waals surface area contributed by atoms with Crippen molar-refractivity contribution in [3.8, 4) is 5.75 Å². The second-order valence-electron chi connectivity index (χ2n) is 5.44. The second-order valence-corrected chi connectivity index (χ2v) is 5.88. The van der Waals surface area contributed by atoms with E-state index in [-0.39, 0.29) is 17.7 Å². The largest absolute Gasteiger partial charge is 0.507 e. The van der Waals surface area contributed by atoms with Crippen molar-refractivity contribution in [3.63, 3.8) is 0 Å². The molecule has 19 heavy (non-hydrogen) atoms. The lowest BCUT2D eigenvalue weighted by atomic mass is 9.95. The van der Waals surface area contributed by atoms with Crippen molar-refractivity contribution in [2.24, 2.45) is 11.8 Å². The Hall–Kier alpha value is -1.26. The maximum Gasteiger partial charge on any atom is 0.257 e. The first kappa shape index (κ1) is 12.8. The van der Waals surface area contributed by atoms with Crippen molar-refractivity contribution in [1.82, 2.24) is 10.2 Å². The molecule has 0 aromatic heterocycles. The average molecular weight is 281 g/mol. The number of fused-ring (bicyclic) bond motifs is 1. The molecule has 2 saturated heterocycles. The predicted octanol–water partition coefficient (Wildman–Crippen LogP) is 1.73. The number of phenolic OH excluding ortho intramolecular Hbond substituents is 1. The van der Waals surface area contributed by atoms with Crippen LogP contribution in [0.1, 0.15) is 17.3 Å². The lowest BCUT2D eigenvalue weighted by Crippen LogP contribution is -2.38. The van der Waals surface area contributed by atoms with Gasteiger partial charge in [-0.05, 0) is 37.0 Å². The summed E-state index contributed by atoms with van der Waals surface area (Å²) in [5, 5.41) is 13.7. The number of phenols is 1. The van der Waals surface area contributed by atoms with E-state index in [9.17, 15) is 9.90 Å². The Morgan fingerprint density at radius 3 is 3.00 bits per heavy atom. The number of benzene rings is 1. The Balaban J connectivity index is 1.86. The number of likely N-dealkylation sites (tertiary alicyclic amines) is 1. The van der Waals surface area contributed by atoms with Gasteiger partial charge in [0.1, 0.15) is 5.75 Å². The highest BCUT2D eigenvalue weighted by Crippen LogP contribution is 2.34. The van der Waals surface area contributed by atoms with Crippen LogP contribution in [0.25, 0.3) is 0 Å². The molecule has 3 rings (SSSR count). The zero-order valence-corrected chi connectivity index (χ0v) is 11.5. The molecule has 2 fully saturated rings. The predicted molar refractivity (Wildman–Crippen MR) is 73.5 cm³/mol. The highest BCUT2D eigenvalue weighted by atomic mass is 35.5. The lowest BCUT2D eigenvalue weighted by molar-refractivity contribution is 0.0725. The summed E-state index contributed by atoms with van der Waals surface area (Å²) < 4.78 is 0. The van der Waals surface area contributed by atoms with Gasteiger partial charge in [-0.2, -0.15) is 0 Å². The molecule has 1 amide bonds. The molecule has 0 aliphatic carbocycles. The summed E-state index contributed by atoms with van der Waals surface area (Å²) in [6, 6.07) is 4.79. The summed E-state index contributed by atoms with van der Waals surface area (Å²) in [6.07, 6.45) is 0. The van der Waals surface area contributed by atoms with Crippen LogP contribution in [0.5, 0.6) is 5.75 Å². The molecular weight excluding hydrogens is 264 g/mol. The van der Waals surface area contributed by atoms with Crippen LogP contribution in [-0.4, -0.2) is 41.6 Å². The van der Waals surface area contributed by atoms with Crippen LogP contribution in [0.4, 0.5) is 0 Å². The Kier molecular flexibility index (Phi) is 3.15. The molecule has 2 aliphatic rings. The smallest absolute Gasteiger partial charge is 0.257 e. The molecule has 1 aromatic carbocycles. The molecule has 102 valence electrons. The number of aromatic hydroxyl groups is 1. The van der Waals surface area contributed by atoms with Gasteiger partial charge in [0.15, 0.2) is 0 Å². The Bertz CT molecular complexity index is 520. The van der Waals surface area contributed by atoms with Crippen LogP contribution in [0, 0.1) is 11.8 Å². The number of amides is 1. The minimum Gasteiger partial charge on any atom is -0.507 e. The first-order chi connectivity index (χ1) is 9.08. The van der Waals surface area contributed by atoms with Crippen molar-refractivity contribution in [1.29, 1.82) is 0 Å². The maximum absolute atomic E-state index is 12.5. The van der Waals surface area contributed by atoms with Gasteiger partial charge in [-0.25, -0.2) is 0 Å². The summed E-state index contributed by atoms with van der Waals surface area (Å²) in [5.74, 6) is 0.921. The molecule has 2 heterocycles. The number of nitrogens with one attached hydrogen (secondary N) is 1. The molecule has 0 saturated carbocycles. The first-order valence-corrected chi connectivity index (χ1v) is 6.96. The van der Waals surface area contributed by atoms with Gasteiger partial charge in [-0.3, -0.25) is 4.79 Å². The molecule has 4 nitrogen and oxygen atoms in total. The van der Waals surface area contributed by atoms with E-state index in [1.165, 1.54) is 12.1 Å². The van der Waals surface area contributed by atoms with E-state index in [0.717, 1.165) is 19.6 Å². The van der Waals surface area contributed by atoms with Crippen molar-refractivity contribution < 1.29 is 9.90 Å². The van der Waals surface area contributed by atoms with E-state index in [0.29, 0.717) is 22.4 Å². The van der Waals surface area contributed by atoms with Gasteiger partial charge >= 0.3 is 0 Å². The maximum atomic E-state index is 12.5. The third kappa shape index (κ3) is 2.09. The van der Waals surface area contributed by atoms with Crippen LogP contribution < -0.4 is 5.32 Å². The molecule has 2 aliphatic heterocycles. The molecule has 5 heteroatoms. The molecule has 0 spiro atoms. The van der Waals surface area contributed by atoms with Crippen LogP contribution in [-0.2, 0) is 0 Å². The normalized spacial score (nSPS) is 29.6. The minimum absolute atomic E-state index is 0.00298. The van der Waals surface area contributed by atoms with Gasteiger partial charge in [0.25, 0.3) is 5.91 Å². The van der Waals surface area contributed by atoms with Crippen molar-refractivity contribution >= 4 is 17.5 Å². The van der Waals surface area contributed by atoms with Crippen LogP contribution >= 0.6 is 11.6 Å². The van der Waals surface area contributed by atoms with Crippen LogP contribution in [0.2, 0.25) is 5.02 Å². The van der Waals surface area contributed by atoms with Gasteiger partial charge in [0.05, 0.1) is 5.56 Å². The highest BCUT2D eigenvalue weighted by Gasteiger charge is 2.44. The molecule has 3 atom stereocenters. The fourth-order valence-corrected chi connectivity index (χ4v) is 3.44. The topological polar surface area (TPSA) is 52.6 Å². The minimum atomic E-state index is -0.123.